The first-order valence-corrected chi connectivity index (χ1v) is 10.9. The van der Waals surface area contributed by atoms with Crippen molar-refractivity contribution >= 4 is 11.3 Å². The van der Waals surface area contributed by atoms with E-state index in [1.54, 1.807) is 0 Å². The number of alkyl halides is 10. The van der Waals surface area contributed by atoms with Crippen LogP contribution < -0.4 is 14.2 Å². The fraction of sp³-hybridized carbons (Fsp3) is 0.333. The van der Waals surface area contributed by atoms with Gasteiger partial charge in [0.2, 0.25) is 0 Å². The maximum Gasteiger partial charge on any atom is 0.431 e. The van der Waals surface area contributed by atoms with Crippen LogP contribution in [0.3, 0.4) is 0 Å². The van der Waals surface area contributed by atoms with Gasteiger partial charge in [-0.15, -0.1) is 11.3 Å². The maximum atomic E-state index is 13.3. The molecule has 0 bridgehead atoms. The Morgan fingerprint density at radius 1 is 0.895 bits per heavy atom. The third-order valence-electron chi connectivity index (χ3n) is 5.11. The van der Waals surface area contributed by atoms with Crippen molar-refractivity contribution in [3.8, 4) is 11.5 Å². The zero-order chi connectivity index (χ0) is 28.5. The highest BCUT2D eigenvalue weighted by atomic mass is 32.1. The van der Waals surface area contributed by atoms with Gasteiger partial charge in [-0.3, -0.25) is 0 Å². The molecule has 1 aromatic carbocycles. The van der Waals surface area contributed by atoms with Crippen LogP contribution in [0.25, 0.3) is 0 Å². The predicted octanol–water partition coefficient (Wildman–Crippen LogP) is 5.67. The van der Waals surface area contributed by atoms with Crippen molar-refractivity contribution in [1.29, 1.82) is 0 Å². The summed E-state index contributed by atoms with van der Waals surface area (Å²) in [7, 11) is 0. The molecule has 17 heteroatoms. The fourth-order valence-electron chi connectivity index (χ4n) is 3.34. The highest BCUT2D eigenvalue weighted by Crippen LogP contribution is 2.52. The monoisotopic (exact) mass is 580 g/mol. The second-order valence-electron chi connectivity index (χ2n) is 7.55. The summed E-state index contributed by atoms with van der Waals surface area (Å²) in [5, 5.41) is 20.6. The highest BCUT2D eigenvalue weighted by molar-refractivity contribution is 7.11. The van der Waals surface area contributed by atoms with E-state index in [1.165, 1.54) is 12.1 Å². The van der Waals surface area contributed by atoms with Gasteiger partial charge in [-0.2, -0.15) is 48.6 Å². The Kier molecular flexibility index (Phi) is 8.30. The number of aliphatic hydroxyl groups is 1. The van der Waals surface area contributed by atoms with Crippen molar-refractivity contribution in [3.63, 3.8) is 0 Å². The normalized spacial score (nSPS) is 13.7. The standard InChI is InChI=1S/C21H14F10N2O4S/c22-17(23)36-13-2-1-11(8-14(13)37-18(24)25)12(7-10-3-5-33(35)6-4-10)16-32-9-15(38-16)19(34,20(26,27)28)21(29,30)31/h1-6,8-9,12,17-18,34H,7H2. The molecule has 0 fully saturated rings. The largest absolute Gasteiger partial charge is 0.619 e. The van der Waals surface area contributed by atoms with Gasteiger partial charge in [0, 0.05) is 24.2 Å². The van der Waals surface area contributed by atoms with E-state index in [9.17, 15) is 54.2 Å². The third kappa shape index (κ3) is 6.20. The molecule has 2 heterocycles. The number of hydrogen-bond acceptors (Lipinski definition) is 6. The average Bonchev–Trinajstić information content (AvgIpc) is 3.27. The molecule has 0 spiro atoms. The number of pyridine rings is 1. The van der Waals surface area contributed by atoms with E-state index < -0.39 is 58.5 Å². The van der Waals surface area contributed by atoms with E-state index >= 15 is 0 Å². The van der Waals surface area contributed by atoms with E-state index in [-0.39, 0.29) is 29.5 Å². The Labute approximate surface area is 210 Å². The summed E-state index contributed by atoms with van der Waals surface area (Å²) in [5.74, 6) is -2.99. The molecular formula is C21H14F10N2O4S. The lowest BCUT2D eigenvalue weighted by molar-refractivity contribution is -0.605. The van der Waals surface area contributed by atoms with Crippen molar-refractivity contribution in [2.75, 3.05) is 0 Å². The van der Waals surface area contributed by atoms with Crippen molar-refractivity contribution in [1.82, 2.24) is 4.98 Å². The minimum absolute atomic E-state index is 0.107. The van der Waals surface area contributed by atoms with Gasteiger partial charge in [-0.1, -0.05) is 6.07 Å². The van der Waals surface area contributed by atoms with Gasteiger partial charge in [0.15, 0.2) is 23.9 Å². The van der Waals surface area contributed by atoms with Crippen LogP contribution in [0.2, 0.25) is 0 Å². The number of halogens is 10. The Bertz CT molecular complexity index is 1220. The molecular weight excluding hydrogens is 566 g/mol. The summed E-state index contributed by atoms with van der Waals surface area (Å²) in [5.41, 5.74) is -5.06. The van der Waals surface area contributed by atoms with Gasteiger partial charge in [0.25, 0.3) is 5.60 Å². The number of thiazole rings is 1. The van der Waals surface area contributed by atoms with Gasteiger partial charge >= 0.3 is 25.6 Å². The first-order valence-electron chi connectivity index (χ1n) is 10.1. The topological polar surface area (TPSA) is 78.5 Å². The fourth-order valence-corrected chi connectivity index (χ4v) is 4.52. The molecule has 2 aromatic heterocycles. The number of benzene rings is 1. The van der Waals surface area contributed by atoms with Crippen molar-refractivity contribution in [3.05, 3.63) is 75.1 Å². The summed E-state index contributed by atoms with van der Waals surface area (Å²) in [6, 6.07) is 5.14. The van der Waals surface area contributed by atoms with Crippen LogP contribution in [0.5, 0.6) is 11.5 Å². The van der Waals surface area contributed by atoms with E-state index in [0.29, 0.717) is 10.3 Å². The first kappa shape index (κ1) is 29.2. The SMILES string of the molecule is [O-][n+]1ccc(CC(c2ccc(OC(F)F)c(OC(F)F)c2)c2ncc(C(O)(C(F)(F)F)C(F)(F)F)s2)cc1. The first-order chi connectivity index (χ1) is 17.5. The lowest BCUT2D eigenvalue weighted by Crippen LogP contribution is -2.53. The van der Waals surface area contributed by atoms with Crippen molar-refractivity contribution in [2.24, 2.45) is 0 Å². The molecule has 38 heavy (non-hydrogen) atoms. The van der Waals surface area contributed by atoms with Gasteiger partial charge in [-0.25, -0.2) is 4.98 Å². The van der Waals surface area contributed by atoms with E-state index in [1.807, 2.05) is 0 Å². The summed E-state index contributed by atoms with van der Waals surface area (Å²) in [6.45, 7) is -6.95. The van der Waals surface area contributed by atoms with Gasteiger partial charge < -0.3 is 19.8 Å². The second-order valence-corrected chi connectivity index (χ2v) is 8.62. The molecule has 1 unspecified atom stereocenters. The van der Waals surface area contributed by atoms with Crippen LogP contribution in [-0.2, 0) is 12.0 Å². The number of nitrogens with zero attached hydrogens (tertiary/aromatic N) is 2. The molecule has 0 saturated carbocycles. The zero-order valence-electron chi connectivity index (χ0n) is 18.3. The van der Waals surface area contributed by atoms with Gasteiger partial charge in [-0.05, 0) is 29.7 Å². The summed E-state index contributed by atoms with van der Waals surface area (Å²) in [4.78, 5) is 1.99. The number of ether oxygens (including phenoxy) is 2. The molecule has 0 saturated heterocycles. The van der Waals surface area contributed by atoms with Gasteiger partial charge in [0.1, 0.15) is 5.01 Å². The van der Waals surface area contributed by atoms with Crippen molar-refractivity contribution < 1.29 is 63.2 Å². The van der Waals surface area contributed by atoms with Crippen LogP contribution in [0.15, 0.2) is 48.9 Å². The van der Waals surface area contributed by atoms with Gasteiger partial charge in [0.05, 0.1) is 4.88 Å². The smallest absolute Gasteiger partial charge is 0.431 e. The quantitative estimate of drug-likeness (QED) is 0.201. The zero-order valence-corrected chi connectivity index (χ0v) is 19.1. The lowest BCUT2D eigenvalue weighted by Gasteiger charge is -2.30. The third-order valence-corrected chi connectivity index (χ3v) is 6.33. The molecule has 6 nitrogen and oxygen atoms in total. The van der Waals surface area contributed by atoms with Crippen LogP contribution in [0.1, 0.15) is 26.9 Å². The molecule has 0 radical (unpaired) electrons. The van der Waals surface area contributed by atoms with Crippen LogP contribution in [-0.4, -0.2) is 35.7 Å². The summed E-state index contributed by atoms with van der Waals surface area (Å²) in [6.07, 6.45) is -10.4. The van der Waals surface area contributed by atoms with E-state index in [2.05, 4.69) is 14.5 Å². The molecule has 0 aliphatic rings. The molecule has 0 aliphatic heterocycles. The minimum atomic E-state index is -6.18. The Morgan fingerprint density at radius 2 is 1.45 bits per heavy atom. The van der Waals surface area contributed by atoms with Crippen LogP contribution in [0, 0.1) is 5.21 Å². The Hall–Kier alpha value is -3.34. The number of hydrogen-bond donors (Lipinski definition) is 1. The summed E-state index contributed by atoms with van der Waals surface area (Å²) < 4.78 is 140. The molecule has 3 aromatic rings. The minimum Gasteiger partial charge on any atom is -0.619 e. The van der Waals surface area contributed by atoms with E-state index in [4.69, 9.17) is 0 Å². The molecule has 0 amide bonds. The summed E-state index contributed by atoms with van der Waals surface area (Å²) >= 11 is -0.155. The van der Waals surface area contributed by atoms with Crippen molar-refractivity contribution in [2.45, 2.75) is 43.5 Å². The molecule has 208 valence electrons. The molecule has 1 atom stereocenters. The van der Waals surface area contributed by atoms with E-state index in [0.717, 1.165) is 30.6 Å². The highest BCUT2D eigenvalue weighted by Gasteiger charge is 2.72. The number of aromatic nitrogens is 2. The molecule has 0 aliphatic carbocycles. The van der Waals surface area contributed by atoms with Crippen LogP contribution in [0.4, 0.5) is 43.9 Å². The Balaban J connectivity index is 2.15. The van der Waals surface area contributed by atoms with Crippen LogP contribution >= 0.6 is 11.3 Å². The molecule has 3 rings (SSSR count). The molecule has 1 N–H and O–H groups in total. The maximum absolute atomic E-state index is 13.3. The average molecular weight is 580 g/mol. The Morgan fingerprint density at radius 3 is 1.97 bits per heavy atom. The lowest BCUT2D eigenvalue weighted by atomic mass is 9.92. The number of rotatable bonds is 9. The second kappa shape index (κ2) is 10.8. The predicted molar refractivity (Wildman–Crippen MR) is 109 cm³/mol.